The second-order valence-corrected chi connectivity index (χ2v) is 7.11. The third-order valence-electron chi connectivity index (χ3n) is 4.38. The molecule has 0 amide bonds. The summed E-state index contributed by atoms with van der Waals surface area (Å²) in [5, 5.41) is 12.5. The van der Waals surface area contributed by atoms with E-state index < -0.39 is 5.97 Å². The number of rotatable bonds is 10. The highest BCUT2D eigenvalue weighted by Crippen LogP contribution is 2.30. The molecule has 0 aliphatic carbocycles. The molecule has 0 bridgehead atoms. The number of anilines is 1. The summed E-state index contributed by atoms with van der Waals surface area (Å²) >= 11 is 6.06. The molecule has 3 aromatic rings. The highest BCUT2D eigenvalue weighted by atomic mass is 35.5. The van der Waals surface area contributed by atoms with Gasteiger partial charge in [0.25, 0.3) is 0 Å². The van der Waals surface area contributed by atoms with Gasteiger partial charge in [-0.2, -0.15) is 0 Å². The van der Waals surface area contributed by atoms with Crippen molar-refractivity contribution in [1.29, 1.82) is 0 Å². The van der Waals surface area contributed by atoms with Crippen LogP contribution in [0.25, 0.3) is 0 Å². The van der Waals surface area contributed by atoms with E-state index in [4.69, 9.17) is 26.2 Å². The van der Waals surface area contributed by atoms with Gasteiger partial charge in [0, 0.05) is 18.7 Å². The first-order valence-corrected chi connectivity index (χ1v) is 9.95. The predicted molar refractivity (Wildman–Crippen MR) is 117 cm³/mol. The molecule has 3 rings (SSSR count). The molecular weight excluding hydrogens is 404 g/mol. The molecule has 0 saturated heterocycles. The topological polar surface area (TPSA) is 80.7 Å². The lowest BCUT2D eigenvalue weighted by Gasteiger charge is -2.13. The lowest BCUT2D eigenvalue weighted by Crippen LogP contribution is -2.13. The van der Waals surface area contributed by atoms with Gasteiger partial charge in [0.2, 0.25) is 0 Å². The molecule has 0 spiro atoms. The van der Waals surface area contributed by atoms with Crippen molar-refractivity contribution in [3.8, 4) is 17.2 Å². The number of ether oxygens (including phenoxy) is 2. The number of aliphatic carboxylic acids is 1. The minimum Gasteiger partial charge on any atom is -0.492 e. The average Bonchev–Trinajstić information content (AvgIpc) is 2.72. The van der Waals surface area contributed by atoms with Crippen LogP contribution in [0, 0.1) is 6.92 Å². The van der Waals surface area contributed by atoms with Crippen LogP contribution in [0.5, 0.6) is 17.2 Å². The molecule has 1 aromatic heterocycles. The minimum absolute atomic E-state index is 0.118. The molecule has 2 N–H and O–H groups in total. The Kier molecular flexibility index (Phi) is 7.51. The SMILES string of the molecule is Cc1cc(OCCNc2ncc(Cl)cc2Oc2ccccc2)ccc1CCC(=O)O. The largest absolute Gasteiger partial charge is 0.492 e. The summed E-state index contributed by atoms with van der Waals surface area (Å²) in [5.41, 5.74) is 2.02. The summed E-state index contributed by atoms with van der Waals surface area (Å²) in [6.45, 7) is 2.88. The maximum Gasteiger partial charge on any atom is 0.303 e. The van der Waals surface area contributed by atoms with Crippen molar-refractivity contribution in [2.45, 2.75) is 19.8 Å². The van der Waals surface area contributed by atoms with Gasteiger partial charge >= 0.3 is 5.97 Å². The third-order valence-corrected chi connectivity index (χ3v) is 4.58. The molecule has 156 valence electrons. The number of aryl methyl sites for hydroxylation is 2. The molecule has 1 heterocycles. The number of carbonyl (C=O) groups is 1. The number of benzene rings is 2. The highest BCUT2D eigenvalue weighted by Gasteiger charge is 2.08. The Balaban J connectivity index is 1.54. The Morgan fingerprint density at radius 2 is 1.93 bits per heavy atom. The zero-order valence-corrected chi connectivity index (χ0v) is 17.4. The first-order valence-electron chi connectivity index (χ1n) is 9.57. The molecular formula is C23H23ClN2O4. The Morgan fingerprint density at radius 1 is 1.13 bits per heavy atom. The van der Waals surface area contributed by atoms with E-state index in [0.717, 1.165) is 16.9 Å². The van der Waals surface area contributed by atoms with Gasteiger partial charge < -0.3 is 19.9 Å². The van der Waals surface area contributed by atoms with Gasteiger partial charge in [0.15, 0.2) is 11.6 Å². The lowest BCUT2D eigenvalue weighted by molar-refractivity contribution is -0.136. The van der Waals surface area contributed by atoms with Gasteiger partial charge in [-0.05, 0) is 48.7 Å². The Morgan fingerprint density at radius 3 is 2.67 bits per heavy atom. The van der Waals surface area contributed by atoms with Crippen molar-refractivity contribution in [3.05, 3.63) is 76.9 Å². The first-order chi connectivity index (χ1) is 14.5. The predicted octanol–water partition coefficient (Wildman–Crippen LogP) is 5.34. The van der Waals surface area contributed by atoms with Crippen molar-refractivity contribution in [2.24, 2.45) is 0 Å². The minimum atomic E-state index is -0.799. The Labute approximate surface area is 180 Å². The number of carboxylic acids is 1. The number of pyridine rings is 1. The van der Waals surface area contributed by atoms with E-state index in [1.807, 2.05) is 55.5 Å². The van der Waals surface area contributed by atoms with Crippen LogP contribution in [0.3, 0.4) is 0 Å². The number of para-hydroxylation sites is 1. The van der Waals surface area contributed by atoms with Crippen molar-refractivity contribution in [1.82, 2.24) is 4.98 Å². The molecule has 0 saturated carbocycles. The van der Waals surface area contributed by atoms with E-state index in [2.05, 4.69) is 10.3 Å². The van der Waals surface area contributed by atoms with Gasteiger partial charge in [-0.25, -0.2) is 4.98 Å². The number of aromatic nitrogens is 1. The van der Waals surface area contributed by atoms with E-state index in [9.17, 15) is 4.79 Å². The van der Waals surface area contributed by atoms with Crippen molar-refractivity contribution < 1.29 is 19.4 Å². The molecule has 0 aliphatic rings. The van der Waals surface area contributed by atoms with Crippen LogP contribution in [-0.4, -0.2) is 29.2 Å². The summed E-state index contributed by atoms with van der Waals surface area (Å²) in [6, 6.07) is 16.8. The van der Waals surface area contributed by atoms with Crippen molar-refractivity contribution in [3.63, 3.8) is 0 Å². The van der Waals surface area contributed by atoms with Gasteiger partial charge in [0.1, 0.15) is 18.1 Å². The van der Waals surface area contributed by atoms with Crippen LogP contribution in [0.2, 0.25) is 5.02 Å². The van der Waals surface area contributed by atoms with Gasteiger partial charge in [-0.1, -0.05) is 35.9 Å². The quantitative estimate of drug-likeness (QED) is 0.426. The Hall–Kier alpha value is -3.25. The highest BCUT2D eigenvalue weighted by molar-refractivity contribution is 6.30. The molecule has 0 aliphatic heterocycles. The van der Waals surface area contributed by atoms with Crippen LogP contribution in [-0.2, 0) is 11.2 Å². The number of hydrogen-bond donors (Lipinski definition) is 2. The van der Waals surface area contributed by atoms with E-state index in [1.165, 1.54) is 0 Å². The molecule has 7 heteroatoms. The van der Waals surface area contributed by atoms with Crippen LogP contribution < -0.4 is 14.8 Å². The maximum absolute atomic E-state index is 10.7. The van der Waals surface area contributed by atoms with Crippen LogP contribution in [0.4, 0.5) is 5.82 Å². The third kappa shape index (κ3) is 6.39. The molecule has 0 radical (unpaired) electrons. The smallest absolute Gasteiger partial charge is 0.303 e. The lowest BCUT2D eigenvalue weighted by atomic mass is 10.0. The molecule has 0 fully saturated rings. The first kappa shape index (κ1) is 21.5. The standard InChI is InChI=1S/C23H23ClN2O4/c1-16-13-20(9-7-17(16)8-10-22(27)28)29-12-11-25-23-21(14-18(24)15-26-23)30-19-5-3-2-4-6-19/h2-7,9,13-15H,8,10-12H2,1H3,(H,25,26)(H,27,28). The summed E-state index contributed by atoms with van der Waals surface area (Å²) in [6.07, 6.45) is 2.18. The van der Waals surface area contributed by atoms with Crippen LogP contribution >= 0.6 is 11.6 Å². The average molecular weight is 427 g/mol. The second-order valence-electron chi connectivity index (χ2n) is 6.67. The zero-order valence-electron chi connectivity index (χ0n) is 16.6. The molecule has 0 atom stereocenters. The zero-order chi connectivity index (χ0) is 21.3. The van der Waals surface area contributed by atoms with E-state index in [-0.39, 0.29) is 6.42 Å². The van der Waals surface area contributed by atoms with E-state index in [0.29, 0.717) is 41.9 Å². The van der Waals surface area contributed by atoms with Gasteiger partial charge in [-0.15, -0.1) is 0 Å². The summed E-state index contributed by atoms with van der Waals surface area (Å²) < 4.78 is 11.7. The van der Waals surface area contributed by atoms with Crippen molar-refractivity contribution >= 4 is 23.4 Å². The van der Waals surface area contributed by atoms with E-state index >= 15 is 0 Å². The van der Waals surface area contributed by atoms with E-state index in [1.54, 1.807) is 12.3 Å². The number of nitrogens with one attached hydrogen (secondary N) is 1. The number of nitrogens with zero attached hydrogens (tertiary/aromatic N) is 1. The summed E-state index contributed by atoms with van der Waals surface area (Å²) in [5.74, 6) is 1.74. The summed E-state index contributed by atoms with van der Waals surface area (Å²) in [4.78, 5) is 15.0. The molecule has 2 aromatic carbocycles. The fourth-order valence-electron chi connectivity index (χ4n) is 2.87. The van der Waals surface area contributed by atoms with Crippen LogP contribution in [0.15, 0.2) is 60.8 Å². The summed E-state index contributed by atoms with van der Waals surface area (Å²) in [7, 11) is 0. The normalized spacial score (nSPS) is 10.5. The number of halogens is 1. The number of hydrogen-bond acceptors (Lipinski definition) is 5. The second kappa shape index (κ2) is 10.5. The van der Waals surface area contributed by atoms with Gasteiger partial charge in [-0.3, -0.25) is 4.79 Å². The van der Waals surface area contributed by atoms with Gasteiger partial charge in [0.05, 0.1) is 11.6 Å². The molecule has 6 nitrogen and oxygen atoms in total. The fraction of sp³-hybridized carbons (Fsp3) is 0.217. The maximum atomic E-state index is 10.7. The monoisotopic (exact) mass is 426 g/mol. The molecule has 30 heavy (non-hydrogen) atoms. The molecule has 0 unspecified atom stereocenters. The fourth-order valence-corrected chi connectivity index (χ4v) is 3.01. The Bertz CT molecular complexity index is 996. The number of carboxylic acid groups (broad SMARTS) is 1. The van der Waals surface area contributed by atoms with Crippen molar-refractivity contribution in [2.75, 3.05) is 18.5 Å². The van der Waals surface area contributed by atoms with Crippen LogP contribution in [0.1, 0.15) is 17.5 Å².